The van der Waals surface area contributed by atoms with Crippen LogP contribution in [0.15, 0.2) is 69.2 Å². The molecule has 23 heavy (non-hydrogen) atoms. The molecule has 3 heterocycles. The zero-order valence-corrected chi connectivity index (χ0v) is 13.7. The van der Waals surface area contributed by atoms with Gasteiger partial charge in [-0.15, -0.1) is 22.7 Å². The van der Waals surface area contributed by atoms with Crippen LogP contribution < -0.4 is 5.63 Å². The first kappa shape index (κ1) is 14.2. The molecule has 3 aromatic heterocycles. The van der Waals surface area contributed by atoms with E-state index in [0.29, 0.717) is 11.1 Å². The van der Waals surface area contributed by atoms with Gasteiger partial charge in [0, 0.05) is 20.0 Å². The van der Waals surface area contributed by atoms with Gasteiger partial charge in [0.05, 0.1) is 5.56 Å². The molecule has 0 spiro atoms. The van der Waals surface area contributed by atoms with Gasteiger partial charge in [0.2, 0.25) is 0 Å². The quantitative estimate of drug-likeness (QED) is 0.446. The number of hydrogen-bond acceptors (Lipinski definition) is 4. The van der Waals surface area contributed by atoms with Crippen molar-refractivity contribution in [3.63, 3.8) is 0 Å². The molecule has 4 aromatic rings. The van der Waals surface area contributed by atoms with Crippen molar-refractivity contribution in [3.05, 3.63) is 80.2 Å². The van der Waals surface area contributed by atoms with Gasteiger partial charge >= 0.3 is 5.63 Å². The first-order valence-corrected chi connectivity index (χ1v) is 8.84. The van der Waals surface area contributed by atoms with Crippen LogP contribution in [0.3, 0.4) is 0 Å². The third kappa shape index (κ3) is 2.91. The van der Waals surface area contributed by atoms with Gasteiger partial charge in [-0.25, -0.2) is 4.79 Å². The molecule has 0 aliphatic heterocycles. The van der Waals surface area contributed by atoms with E-state index in [1.807, 2.05) is 48.5 Å². The molecule has 0 aliphatic carbocycles. The van der Waals surface area contributed by atoms with Crippen molar-refractivity contribution >= 4 is 45.8 Å². The minimum Gasteiger partial charge on any atom is -0.422 e. The average Bonchev–Trinajstić information content (AvgIpc) is 3.24. The van der Waals surface area contributed by atoms with Crippen LogP contribution >= 0.6 is 22.7 Å². The van der Waals surface area contributed by atoms with Gasteiger partial charge in [-0.1, -0.05) is 24.3 Å². The summed E-state index contributed by atoms with van der Waals surface area (Å²) in [6.45, 7) is 0. The second-order valence-electron chi connectivity index (χ2n) is 5.04. The van der Waals surface area contributed by atoms with Crippen LogP contribution in [0.5, 0.6) is 0 Å². The molecule has 0 atom stereocenters. The van der Waals surface area contributed by atoms with E-state index in [0.717, 1.165) is 15.1 Å². The van der Waals surface area contributed by atoms with Crippen LogP contribution in [0.4, 0.5) is 0 Å². The van der Waals surface area contributed by atoms with Gasteiger partial charge in [-0.3, -0.25) is 0 Å². The SMILES string of the molecule is O=c1oc2ccccc2cc1-c1ccc(C=Cc2cccs2)s1. The summed E-state index contributed by atoms with van der Waals surface area (Å²) in [5, 5.41) is 2.99. The molecule has 112 valence electrons. The lowest BCUT2D eigenvalue weighted by atomic mass is 10.1. The number of fused-ring (bicyclic) bond motifs is 1. The molecule has 0 bridgehead atoms. The molecule has 2 nitrogen and oxygen atoms in total. The Hall–Kier alpha value is -2.43. The standard InChI is InChI=1S/C19H12O2S2/c20-19-16(12-13-4-1-2-6-17(13)21-19)18-10-9-15(23-18)8-7-14-5-3-11-22-14/h1-12H. The van der Waals surface area contributed by atoms with Gasteiger partial charge in [0.1, 0.15) is 5.58 Å². The molecule has 0 fully saturated rings. The van der Waals surface area contributed by atoms with E-state index >= 15 is 0 Å². The van der Waals surface area contributed by atoms with Crippen LogP contribution in [-0.2, 0) is 0 Å². The van der Waals surface area contributed by atoms with Crippen molar-refractivity contribution < 1.29 is 4.42 Å². The van der Waals surface area contributed by atoms with Crippen LogP contribution in [0, 0.1) is 0 Å². The van der Waals surface area contributed by atoms with Crippen molar-refractivity contribution in [2.24, 2.45) is 0 Å². The highest BCUT2D eigenvalue weighted by Crippen LogP contribution is 2.29. The summed E-state index contributed by atoms with van der Waals surface area (Å²) in [4.78, 5) is 15.5. The number of thiophene rings is 2. The number of hydrogen-bond donors (Lipinski definition) is 0. The van der Waals surface area contributed by atoms with E-state index in [2.05, 4.69) is 23.6 Å². The Labute approximate surface area is 141 Å². The molecule has 0 saturated heterocycles. The smallest absolute Gasteiger partial charge is 0.345 e. The number of rotatable bonds is 3. The third-order valence-corrected chi connectivity index (χ3v) is 5.41. The molecule has 4 rings (SSSR count). The van der Waals surface area contributed by atoms with Crippen LogP contribution in [0.2, 0.25) is 0 Å². The molecule has 0 amide bonds. The van der Waals surface area contributed by atoms with Gasteiger partial charge in [-0.2, -0.15) is 0 Å². The van der Waals surface area contributed by atoms with E-state index in [4.69, 9.17) is 4.42 Å². The molecule has 0 radical (unpaired) electrons. The van der Waals surface area contributed by atoms with Gasteiger partial charge in [0.15, 0.2) is 0 Å². The van der Waals surface area contributed by atoms with Crippen LogP contribution in [0.25, 0.3) is 33.6 Å². The summed E-state index contributed by atoms with van der Waals surface area (Å²) in [6.07, 6.45) is 4.16. The predicted molar refractivity (Wildman–Crippen MR) is 99.0 cm³/mol. The summed E-state index contributed by atoms with van der Waals surface area (Å²) in [7, 11) is 0. The lowest BCUT2D eigenvalue weighted by molar-refractivity contribution is 0.564. The Balaban J connectivity index is 1.71. The fourth-order valence-corrected chi connectivity index (χ4v) is 3.90. The Morgan fingerprint density at radius 3 is 2.65 bits per heavy atom. The number of para-hydroxylation sites is 1. The van der Waals surface area contributed by atoms with Gasteiger partial charge in [-0.05, 0) is 47.9 Å². The molecule has 4 heteroatoms. The second-order valence-corrected chi connectivity index (χ2v) is 7.13. The third-order valence-electron chi connectivity index (χ3n) is 3.49. The fourth-order valence-electron chi connectivity index (χ4n) is 2.37. The zero-order chi connectivity index (χ0) is 15.6. The highest BCUT2D eigenvalue weighted by Gasteiger charge is 2.09. The highest BCUT2D eigenvalue weighted by molar-refractivity contribution is 7.16. The van der Waals surface area contributed by atoms with E-state index < -0.39 is 0 Å². The normalized spacial score (nSPS) is 11.5. The molecular formula is C19H12O2S2. The van der Waals surface area contributed by atoms with Gasteiger partial charge < -0.3 is 4.42 Å². The van der Waals surface area contributed by atoms with Crippen molar-refractivity contribution in [3.8, 4) is 10.4 Å². The van der Waals surface area contributed by atoms with Crippen molar-refractivity contribution in [2.45, 2.75) is 0 Å². The van der Waals surface area contributed by atoms with E-state index in [-0.39, 0.29) is 5.63 Å². The summed E-state index contributed by atoms with van der Waals surface area (Å²) >= 11 is 3.29. The molecule has 0 N–H and O–H groups in total. The Morgan fingerprint density at radius 1 is 0.913 bits per heavy atom. The monoisotopic (exact) mass is 336 g/mol. The van der Waals surface area contributed by atoms with Crippen LogP contribution in [0.1, 0.15) is 9.75 Å². The predicted octanol–water partition coefficient (Wildman–Crippen LogP) is 5.75. The second kappa shape index (κ2) is 5.99. The Kier molecular flexibility index (Phi) is 3.69. The maximum Gasteiger partial charge on any atom is 0.345 e. The van der Waals surface area contributed by atoms with Crippen molar-refractivity contribution in [2.75, 3.05) is 0 Å². The van der Waals surface area contributed by atoms with E-state index in [9.17, 15) is 4.79 Å². The summed E-state index contributed by atoms with van der Waals surface area (Å²) in [6, 6.07) is 17.6. The molecular weight excluding hydrogens is 324 g/mol. The molecule has 0 aliphatic rings. The van der Waals surface area contributed by atoms with Crippen molar-refractivity contribution in [1.29, 1.82) is 0 Å². The summed E-state index contributed by atoms with van der Waals surface area (Å²) in [5.41, 5.74) is 0.944. The first-order valence-electron chi connectivity index (χ1n) is 7.14. The number of benzene rings is 1. The fraction of sp³-hybridized carbons (Fsp3) is 0. The first-order chi connectivity index (χ1) is 11.3. The highest BCUT2D eigenvalue weighted by atomic mass is 32.1. The minimum absolute atomic E-state index is 0.292. The Morgan fingerprint density at radius 2 is 1.78 bits per heavy atom. The maximum atomic E-state index is 12.2. The topological polar surface area (TPSA) is 30.2 Å². The average molecular weight is 336 g/mol. The summed E-state index contributed by atoms with van der Waals surface area (Å²) in [5.74, 6) is 0. The largest absolute Gasteiger partial charge is 0.422 e. The zero-order valence-electron chi connectivity index (χ0n) is 12.1. The molecule has 0 saturated carbocycles. The summed E-state index contributed by atoms with van der Waals surface area (Å²) < 4.78 is 5.41. The lowest BCUT2D eigenvalue weighted by Crippen LogP contribution is -2.01. The Bertz CT molecular complexity index is 1040. The van der Waals surface area contributed by atoms with Crippen molar-refractivity contribution in [1.82, 2.24) is 0 Å². The molecule has 0 unspecified atom stereocenters. The molecule has 1 aromatic carbocycles. The maximum absolute atomic E-state index is 12.2. The van der Waals surface area contributed by atoms with E-state index in [1.54, 1.807) is 22.7 Å². The lowest BCUT2D eigenvalue weighted by Gasteiger charge is -1.99. The van der Waals surface area contributed by atoms with E-state index in [1.165, 1.54) is 4.88 Å². The van der Waals surface area contributed by atoms with Crippen LogP contribution in [-0.4, -0.2) is 0 Å². The minimum atomic E-state index is -0.292. The van der Waals surface area contributed by atoms with Gasteiger partial charge in [0.25, 0.3) is 0 Å².